The number of anilines is 2. The summed E-state index contributed by atoms with van der Waals surface area (Å²) in [6.07, 6.45) is 0.726. The van der Waals surface area contributed by atoms with Crippen LogP contribution in [0.25, 0.3) is 16.8 Å². The van der Waals surface area contributed by atoms with Gasteiger partial charge in [0.2, 0.25) is 5.91 Å². The molecule has 3 aromatic carbocycles. The van der Waals surface area contributed by atoms with Crippen molar-refractivity contribution >= 4 is 23.4 Å². The monoisotopic (exact) mass is 495 g/mol. The van der Waals surface area contributed by atoms with Crippen molar-refractivity contribution in [3.05, 3.63) is 95.7 Å². The summed E-state index contributed by atoms with van der Waals surface area (Å²) in [5.41, 5.74) is 6.21. The third-order valence-corrected chi connectivity index (χ3v) is 6.23. The van der Waals surface area contributed by atoms with Crippen molar-refractivity contribution in [2.75, 3.05) is 23.7 Å². The highest BCUT2D eigenvalue weighted by molar-refractivity contribution is 5.99. The van der Waals surface area contributed by atoms with Gasteiger partial charge in [-0.3, -0.25) is 4.79 Å². The summed E-state index contributed by atoms with van der Waals surface area (Å²) in [6, 6.07) is 25.1. The van der Waals surface area contributed by atoms with Crippen molar-refractivity contribution in [2.45, 2.75) is 34.1 Å². The molecule has 1 heterocycles. The molecule has 0 aliphatic rings. The molecular formula is C30H33N5O2. The Kier molecular flexibility index (Phi) is 8.03. The number of rotatable bonds is 8. The van der Waals surface area contributed by atoms with Crippen molar-refractivity contribution < 1.29 is 9.59 Å². The van der Waals surface area contributed by atoms with Crippen LogP contribution in [0, 0.1) is 20.8 Å². The molecule has 0 saturated carbocycles. The summed E-state index contributed by atoms with van der Waals surface area (Å²) in [5, 5.41) is 10.8. The topological polar surface area (TPSA) is 79.3 Å². The predicted molar refractivity (Wildman–Crippen MR) is 149 cm³/mol. The molecule has 4 aromatic rings. The summed E-state index contributed by atoms with van der Waals surface area (Å²) in [4.78, 5) is 28.0. The molecule has 0 aliphatic heterocycles. The molecular weight excluding hydrogens is 462 g/mol. The van der Waals surface area contributed by atoms with Gasteiger partial charge in [-0.25, -0.2) is 9.48 Å². The molecule has 0 atom stereocenters. The third-order valence-electron chi connectivity index (χ3n) is 6.23. The molecule has 1 aromatic heterocycles. The first-order chi connectivity index (χ1) is 17.9. The molecule has 0 aliphatic carbocycles. The van der Waals surface area contributed by atoms with E-state index in [1.54, 1.807) is 4.68 Å². The smallest absolute Gasteiger partial charge is 0.315 e. The van der Waals surface area contributed by atoms with Gasteiger partial charge >= 0.3 is 6.03 Å². The van der Waals surface area contributed by atoms with Crippen molar-refractivity contribution in [1.82, 2.24) is 14.7 Å². The number of para-hydroxylation sites is 2. The van der Waals surface area contributed by atoms with E-state index in [0.717, 1.165) is 45.7 Å². The van der Waals surface area contributed by atoms with E-state index < -0.39 is 0 Å². The lowest BCUT2D eigenvalue weighted by Crippen LogP contribution is -2.41. The van der Waals surface area contributed by atoms with Crippen LogP contribution in [0.2, 0.25) is 0 Å². The van der Waals surface area contributed by atoms with Crippen LogP contribution in [-0.4, -0.2) is 39.7 Å². The highest BCUT2D eigenvalue weighted by Crippen LogP contribution is 2.34. The van der Waals surface area contributed by atoms with Crippen LogP contribution in [0.15, 0.2) is 78.9 Å². The first-order valence-corrected chi connectivity index (χ1v) is 12.5. The minimum Gasteiger partial charge on any atom is -0.315 e. The molecule has 4 rings (SSSR count). The van der Waals surface area contributed by atoms with E-state index in [1.807, 2.05) is 107 Å². The summed E-state index contributed by atoms with van der Waals surface area (Å²) in [5.74, 6) is 0.291. The number of carbonyl (C=O) groups is 2. The lowest BCUT2D eigenvalue weighted by Gasteiger charge is -2.23. The fourth-order valence-electron chi connectivity index (χ4n) is 4.34. The average molecular weight is 496 g/mol. The number of nitrogens with one attached hydrogen (secondary N) is 2. The number of aromatic nitrogens is 2. The van der Waals surface area contributed by atoms with Gasteiger partial charge in [-0.1, -0.05) is 73.7 Å². The first kappa shape index (κ1) is 25.7. The molecule has 190 valence electrons. The third kappa shape index (κ3) is 5.89. The Morgan fingerprint density at radius 1 is 0.838 bits per heavy atom. The number of nitrogens with zero attached hydrogens (tertiary/aromatic N) is 3. The van der Waals surface area contributed by atoms with Gasteiger partial charge in [0.25, 0.3) is 0 Å². The highest BCUT2D eigenvalue weighted by Gasteiger charge is 2.23. The molecule has 0 fully saturated rings. The van der Waals surface area contributed by atoms with Crippen LogP contribution < -0.4 is 10.6 Å². The van der Waals surface area contributed by atoms with E-state index in [4.69, 9.17) is 5.10 Å². The molecule has 0 spiro atoms. The summed E-state index contributed by atoms with van der Waals surface area (Å²) < 4.78 is 1.78. The van der Waals surface area contributed by atoms with Crippen LogP contribution in [-0.2, 0) is 4.79 Å². The Morgan fingerprint density at radius 3 is 2.16 bits per heavy atom. The number of aryl methyl sites for hydroxylation is 3. The molecule has 7 heteroatoms. The van der Waals surface area contributed by atoms with Gasteiger partial charge in [-0.15, -0.1) is 0 Å². The maximum absolute atomic E-state index is 13.4. The van der Waals surface area contributed by atoms with Gasteiger partial charge < -0.3 is 15.5 Å². The highest BCUT2D eigenvalue weighted by atomic mass is 16.2. The molecule has 0 radical (unpaired) electrons. The normalized spacial score (nSPS) is 10.7. The second kappa shape index (κ2) is 11.6. The number of hydrogen-bond donors (Lipinski definition) is 2. The Bertz CT molecular complexity index is 1390. The molecule has 0 saturated heterocycles. The molecule has 37 heavy (non-hydrogen) atoms. The average Bonchev–Trinajstić information content (AvgIpc) is 3.21. The fourth-order valence-corrected chi connectivity index (χ4v) is 4.34. The van der Waals surface area contributed by atoms with Gasteiger partial charge in [0.15, 0.2) is 0 Å². The molecule has 0 unspecified atom stereocenters. The molecule has 2 N–H and O–H groups in total. The largest absolute Gasteiger partial charge is 0.322 e. The number of benzene rings is 3. The molecule has 7 nitrogen and oxygen atoms in total. The maximum atomic E-state index is 13.4. The number of urea groups is 1. The summed E-state index contributed by atoms with van der Waals surface area (Å²) >= 11 is 0. The zero-order chi connectivity index (χ0) is 26.4. The predicted octanol–water partition coefficient (Wildman–Crippen LogP) is 6.35. The van der Waals surface area contributed by atoms with Crippen LogP contribution in [0.3, 0.4) is 0 Å². The van der Waals surface area contributed by atoms with E-state index in [2.05, 4.69) is 10.6 Å². The van der Waals surface area contributed by atoms with Crippen LogP contribution >= 0.6 is 0 Å². The van der Waals surface area contributed by atoms with Crippen LogP contribution in [0.1, 0.15) is 30.2 Å². The Labute approximate surface area is 218 Å². The zero-order valence-corrected chi connectivity index (χ0v) is 21.8. The second-order valence-electron chi connectivity index (χ2n) is 9.09. The number of carbonyl (C=O) groups excluding carboxylic acids is 2. The summed E-state index contributed by atoms with van der Waals surface area (Å²) in [6.45, 7) is 8.23. The standard InChI is InChI=1S/C30H33N5O2/c1-5-19-34(30(37)31-25-17-11-9-13-21(25)2)20-27(36)32-29-28(24-15-7-6-8-16-24)23(4)33-35(29)26-18-12-10-14-22(26)3/h6-18H,5,19-20H2,1-4H3,(H,31,37)(H,32,36). The fraction of sp³-hybridized carbons (Fsp3) is 0.233. The minimum atomic E-state index is -0.307. The quantitative estimate of drug-likeness (QED) is 0.299. The Balaban J connectivity index is 1.64. The van der Waals surface area contributed by atoms with Gasteiger partial charge in [0.05, 0.1) is 11.4 Å². The van der Waals surface area contributed by atoms with E-state index in [0.29, 0.717) is 12.4 Å². The molecule has 3 amide bonds. The zero-order valence-electron chi connectivity index (χ0n) is 21.8. The molecule has 0 bridgehead atoms. The number of hydrogen-bond acceptors (Lipinski definition) is 3. The van der Waals surface area contributed by atoms with E-state index in [1.165, 1.54) is 4.90 Å². The second-order valence-corrected chi connectivity index (χ2v) is 9.09. The van der Waals surface area contributed by atoms with Gasteiger partial charge in [-0.05, 0) is 56.0 Å². The minimum absolute atomic E-state index is 0.0855. The lowest BCUT2D eigenvalue weighted by molar-refractivity contribution is -0.116. The SMILES string of the molecule is CCCN(CC(=O)Nc1c(-c2ccccc2)c(C)nn1-c1ccccc1C)C(=O)Nc1ccccc1C. The van der Waals surface area contributed by atoms with Crippen molar-refractivity contribution in [3.8, 4) is 16.8 Å². The number of amides is 3. The van der Waals surface area contributed by atoms with Crippen molar-refractivity contribution in [3.63, 3.8) is 0 Å². The van der Waals surface area contributed by atoms with Crippen molar-refractivity contribution in [2.24, 2.45) is 0 Å². The van der Waals surface area contributed by atoms with Gasteiger partial charge in [-0.2, -0.15) is 5.10 Å². The lowest BCUT2D eigenvalue weighted by atomic mass is 10.1. The van der Waals surface area contributed by atoms with Crippen LogP contribution in [0.5, 0.6) is 0 Å². The first-order valence-electron chi connectivity index (χ1n) is 12.5. The van der Waals surface area contributed by atoms with Gasteiger partial charge in [0.1, 0.15) is 12.4 Å². The van der Waals surface area contributed by atoms with E-state index >= 15 is 0 Å². The van der Waals surface area contributed by atoms with E-state index in [9.17, 15) is 9.59 Å². The maximum Gasteiger partial charge on any atom is 0.322 e. The summed E-state index contributed by atoms with van der Waals surface area (Å²) in [7, 11) is 0. The Morgan fingerprint density at radius 2 is 1.49 bits per heavy atom. The van der Waals surface area contributed by atoms with Crippen molar-refractivity contribution in [1.29, 1.82) is 0 Å². The van der Waals surface area contributed by atoms with E-state index in [-0.39, 0.29) is 18.5 Å². The Hall–Kier alpha value is -4.39. The van der Waals surface area contributed by atoms with Gasteiger partial charge in [0, 0.05) is 17.8 Å². The van der Waals surface area contributed by atoms with Crippen LogP contribution in [0.4, 0.5) is 16.3 Å².